The zero-order chi connectivity index (χ0) is 25.1. The topological polar surface area (TPSA) is 90.4 Å². The highest BCUT2D eigenvalue weighted by molar-refractivity contribution is 6.20. The van der Waals surface area contributed by atoms with Crippen LogP contribution in [0.25, 0.3) is 0 Å². The number of rotatable bonds is 3. The van der Waals surface area contributed by atoms with Crippen LogP contribution in [0.4, 0.5) is 11.4 Å². The number of hydrogen-bond acceptors (Lipinski definition) is 5. The van der Waals surface area contributed by atoms with Crippen LogP contribution in [0.5, 0.6) is 0 Å². The monoisotopic (exact) mass is 466 g/mol. The molecule has 2 N–H and O–H groups in total. The van der Waals surface area contributed by atoms with Gasteiger partial charge in [-0.15, -0.1) is 0 Å². The normalized spacial score (nSPS) is 23.1. The second kappa shape index (κ2) is 7.84. The number of aryl methyl sites for hydroxylation is 1. The summed E-state index contributed by atoms with van der Waals surface area (Å²) in [5.41, 5.74) is 9.50. The molecule has 6 nitrogen and oxygen atoms in total. The fourth-order valence-electron chi connectivity index (χ4n) is 5.99. The third-order valence-electron chi connectivity index (χ3n) is 7.39. The number of fused-ring (bicyclic) bond motifs is 3. The fourth-order valence-corrected chi connectivity index (χ4v) is 5.99. The third-order valence-corrected chi connectivity index (χ3v) is 7.39. The molecule has 2 heterocycles. The first-order valence-electron chi connectivity index (χ1n) is 12.1. The second-order valence-electron chi connectivity index (χ2n) is 10.5. The van der Waals surface area contributed by atoms with Crippen molar-refractivity contribution in [2.75, 3.05) is 16.3 Å². The first-order chi connectivity index (χ1) is 16.7. The van der Waals surface area contributed by atoms with Crippen molar-refractivity contribution >= 4 is 23.1 Å². The van der Waals surface area contributed by atoms with Gasteiger partial charge in [0.2, 0.25) is 5.91 Å². The van der Waals surface area contributed by atoms with Gasteiger partial charge in [-0.2, -0.15) is 5.26 Å². The van der Waals surface area contributed by atoms with E-state index >= 15 is 0 Å². The number of benzene rings is 2. The lowest BCUT2D eigenvalue weighted by Crippen LogP contribution is -2.53. The Hall–Kier alpha value is -3.85. The molecule has 0 fully saturated rings. The molecule has 35 heavy (non-hydrogen) atoms. The van der Waals surface area contributed by atoms with Crippen LogP contribution >= 0.6 is 0 Å². The average Bonchev–Trinajstić information content (AvgIpc) is 3.03. The standard InChI is InChI=1S/C29H30N4O2/c1-5-14-32-22-9-7-6-8-20(22)29(27(32)35)21(17-30)26(31)33(19-12-10-18(2)11-13-19)23-15-28(3,4)16-24(34)25(23)29/h6-13H,5,14-16,31H2,1-4H3. The molecule has 1 unspecified atom stereocenters. The van der Waals surface area contributed by atoms with Gasteiger partial charge in [0, 0.05) is 41.2 Å². The summed E-state index contributed by atoms with van der Waals surface area (Å²) in [6.07, 6.45) is 1.61. The number of carbonyl (C=O) groups is 2. The second-order valence-corrected chi connectivity index (χ2v) is 10.5. The Bertz CT molecular complexity index is 1360. The number of amides is 1. The van der Waals surface area contributed by atoms with Crippen molar-refractivity contribution in [1.29, 1.82) is 5.26 Å². The largest absolute Gasteiger partial charge is 0.384 e. The summed E-state index contributed by atoms with van der Waals surface area (Å²) < 4.78 is 0. The molecule has 0 radical (unpaired) electrons. The number of nitriles is 1. The number of para-hydroxylation sites is 1. The van der Waals surface area contributed by atoms with E-state index in [1.807, 2.05) is 67.3 Å². The highest BCUT2D eigenvalue weighted by Gasteiger charge is 2.63. The number of allylic oxidation sites excluding steroid dienone is 1. The summed E-state index contributed by atoms with van der Waals surface area (Å²) in [7, 11) is 0. The third kappa shape index (κ3) is 3.07. The van der Waals surface area contributed by atoms with E-state index in [-0.39, 0.29) is 28.5 Å². The molecule has 0 saturated heterocycles. The van der Waals surface area contributed by atoms with Crippen molar-refractivity contribution in [3.8, 4) is 6.07 Å². The summed E-state index contributed by atoms with van der Waals surface area (Å²) in [4.78, 5) is 31.9. The number of hydrogen-bond donors (Lipinski definition) is 1. The maximum absolute atomic E-state index is 14.4. The SMILES string of the molecule is CCCN1C(=O)C2(C(C#N)=C(N)N(c3ccc(C)cc3)C3=C2C(=O)CC(C)(C)C3)c2ccccc21. The van der Waals surface area contributed by atoms with E-state index in [1.165, 1.54) is 0 Å². The Morgan fingerprint density at radius 1 is 1.06 bits per heavy atom. The summed E-state index contributed by atoms with van der Waals surface area (Å²) in [6, 6.07) is 17.6. The first-order valence-corrected chi connectivity index (χ1v) is 12.1. The molecule has 1 spiro atoms. The van der Waals surface area contributed by atoms with Gasteiger partial charge in [-0.05, 0) is 43.4 Å². The van der Waals surface area contributed by atoms with Crippen LogP contribution in [-0.4, -0.2) is 18.2 Å². The van der Waals surface area contributed by atoms with Crippen LogP contribution in [0.2, 0.25) is 0 Å². The minimum absolute atomic E-state index is 0.102. The zero-order valence-corrected chi connectivity index (χ0v) is 20.7. The van der Waals surface area contributed by atoms with Crippen molar-refractivity contribution in [2.24, 2.45) is 11.1 Å². The van der Waals surface area contributed by atoms with Gasteiger partial charge in [0.25, 0.3) is 0 Å². The summed E-state index contributed by atoms with van der Waals surface area (Å²) in [6.45, 7) is 8.63. The molecule has 178 valence electrons. The molecular formula is C29H30N4O2. The molecule has 0 saturated carbocycles. The van der Waals surface area contributed by atoms with Crippen molar-refractivity contribution in [2.45, 2.75) is 52.4 Å². The minimum atomic E-state index is -1.52. The van der Waals surface area contributed by atoms with E-state index < -0.39 is 5.41 Å². The average molecular weight is 467 g/mol. The van der Waals surface area contributed by atoms with Crippen LogP contribution in [0.1, 0.15) is 51.2 Å². The van der Waals surface area contributed by atoms with Gasteiger partial charge in [0.05, 0.1) is 5.57 Å². The van der Waals surface area contributed by atoms with E-state index in [4.69, 9.17) is 5.73 Å². The predicted molar refractivity (Wildman–Crippen MR) is 136 cm³/mol. The molecule has 1 aliphatic carbocycles. The van der Waals surface area contributed by atoms with Gasteiger partial charge in [0.1, 0.15) is 17.3 Å². The molecule has 0 bridgehead atoms. The molecule has 6 heteroatoms. The summed E-state index contributed by atoms with van der Waals surface area (Å²) >= 11 is 0. The van der Waals surface area contributed by atoms with Crippen LogP contribution in [0.15, 0.2) is 71.2 Å². The summed E-state index contributed by atoms with van der Waals surface area (Å²) in [5.74, 6) is -0.151. The van der Waals surface area contributed by atoms with Gasteiger partial charge < -0.3 is 10.6 Å². The Labute approximate surface area is 206 Å². The van der Waals surface area contributed by atoms with Crippen molar-refractivity contribution in [1.82, 2.24) is 0 Å². The van der Waals surface area contributed by atoms with Gasteiger partial charge in [-0.1, -0.05) is 56.7 Å². The Kier molecular flexibility index (Phi) is 5.14. The lowest BCUT2D eigenvalue weighted by molar-refractivity contribution is -0.125. The van der Waals surface area contributed by atoms with E-state index in [9.17, 15) is 14.9 Å². The van der Waals surface area contributed by atoms with E-state index in [2.05, 4.69) is 19.9 Å². The maximum atomic E-state index is 14.4. The number of carbonyl (C=O) groups excluding carboxylic acids is 2. The lowest BCUT2D eigenvalue weighted by Gasteiger charge is -2.47. The van der Waals surface area contributed by atoms with Gasteiger partial charge in [-0.3, -0.25) is 14.5 Å². The van der Waals surface area contributed by atoms with Crippen LogP contribution in [0.3, 0.4) is 0 Å². The van der Waals surface area contributed by atoms with Gasteiger partial charge in [0.15, 0.2) is 5.78 Å². The zero-order valence-electron chi connectivity index (χ0n) is 20.7. The minimum Gasteiger partial charge on any atom is -0.384 e. The summed E-state index contributed by atoms with van der Waals surface area (Å²) in [5, 5.41) is 10.5. The lowest BCUT2D eigenvalue weighted by atomic mass is 9.60. The van der Waals surface area contributed by atoms with Crippen LogP contribution < -0.4 is 15.5 Å². The molecule has 1 amide bonds. The van der Waals surface area contributed by atoms with Gasteiger partial charge in [-0.25, -0.2) is 0 Å². The fraction of sp³-hybridized carbons (Fsp3) is 0.345. The predicted octanol–water partition coefficient (Wildman–Crippen LogP) is 4.85. The Morgan fingerprint density at radius 2 is 1.74 bits per heavy atom. The van der Waals surface area contributed by atoms with Crippen molar-refractivity contribution in [3.63, 3.8) is 0 Å². The molecule has 3 aliphatic rings. The molecule has 5 rings (SSSR count). The Balaban J connectivity index is 1.89. The molecule has 2 aromatic carbocycles. The number of ketones is 1. The molecule has 0 aromatic heterocycles. The molecule has 1 atom stereocenters. The first kappa shape index (κ1) is 22.9. The van der Waals surface area contributed by atoms with Crippen molar-refractivity contribution < 1.29 is 9.59 Å². The molecule has 2 aromatic rings. The molecule has 2 aliphatic heterocycles. The highest BCUT2D eigenvalue weighted by Crippen LogP contribution is 2.58. The van der Waals surface area contributed by atoms with Crippen molar-refractivity contribution in [3.05, 3.63) is 82.3 Å². The van der Waals surface area contributed by atoms with E-state index in [1.54, 1.807) is 4.90 Å². The smallest absolute Gasteiger partial charge is 0.247 e. The van der Waals surface area contributed by atoms with Crippen LogP contribution in [0, 0.1) is 23.7 Å². The number of nitrogens with zero attached hydrogens (tertiary/aromatic N) is 3. The van der Waals surface area contributed by atoms with E-state index in [0.717, 1.165) is 23.4 Å². The van der Waals surface area contributed by atoms with Crippen LogP contribution in [-0.2, 0) is 15.0 Å². The maximum Gasteiger partial charge on any atom is 0.247 e. The van der Waals surface area contributed by atoms with Gasteiger partial charge >= 0.3 is 0 Å². The quantitative estimate of drug-likeness (QED) is 0.699. The highest BCUT2D eigenvalue weighted by atomic mass is 16.2. The number of nitrogens with two attached hydrogens (primary N) is 1. The Morgan fingerprint density at radius 3 is 2.40 bits per heavy atom. The molecular weight excluding hydrogens is 436 g/mol. The number of anilines is 2. The number of Topliss-reactive ketones (excluding diaryl/α,β-unsaturated/α-hetero) is 1. The van der Waals surface area contributed by atoms with E-state index in [0.29, 0.717) is 36.2 Å².